The lowest BCUT2D eigenvalue weighted by Gasteiger charge is -2.31. The average Bonchev–Trinajstić information content (AvgIpc) is 3.41. The molecule has 0 radical (unpaired) electrons. The highest BCUT2D eigenvalue weighted by Gasteiger charge is 2.39. The Morgan fingerprint density at radius 2 is 1.84 bits per heavy atom. The molecule has 1 fully saturated rings. The molecule has 1 heterocycles. The molecule has 5 unspecified atom stereocenters. The molecule has 3 aromatic carbocycles. The maximum atomic E-state index is 14.4. The summed E-state index contributed by atoms with van der Waals surface area (Å²) >= 11 is 0. The molecule has 0 saturated carbocycles. The maximum absolute atomic E-state index is 14.4. The van der Waals surface area contributed by atoms with Gasteiger partial charge in [-0.05, 0) is 54.3 Å². The van der Waals surface area contributed by atoms with E-state index in [4.69, 9.17) is 9.47 Å². The zero-order valence-corrected chi connectivity index (χ0v) is 25.6. The number of carbonyl (C=O) groups excluding carboxylic acids is 2. The minimum absolute atomic E-state index is 0.0296. The number of nitrogens with one attached hydrogen (secondary N) is 1. The van der Waals surface area contributed by atoms with E-state index >= 15 is 0 Å². The molecule has 1 aliphatic rings. The predicted octanol–water partition coefficient (Wildman–Crippen LogP) is 4.46. The van der Waals surface area contributed by atoms with Gasteiger partial charge in [0.05, 0.1) is 36.4 Å². The van der Waals surface area contributed by atoms with Crippen LogP contribution in [0.2, 0.25) is 0 Å². The van der Waals surface area contributed by atoms with Crippen molar-refractivity contribution >= 4 is 28.7 Å². The first-order valence-electron chi connectivity index (χ1n) is 14.4. The Morgan fingerprint density at radius 1 is 1.14 bits per heavy atom. The van der Waals surface area contributed by atoms with Crippen LogP contribution in [-0.4, -0.2) is 70.6 Å². The molecule has 1 aliphatic heterocycles. The highest BCUT2D eigenvalue weighted by atomic mass is 32.2. The van der Waals surface area contributed by atoms with E-state index in [1.807, 2.05) is 44.2 Å². The fraction of sp³-hybridized carbons (Fsp3) is 0.375. The summed E-state index contributed by atoms with van der Waals surface area (Å²) in [6.45, 7) is 4.15. The van der Waals surface area contributed by atoms with Gasteiger partial charge in [-0.25, -0.2) is 22.1 Å². The van der Waals surface area contributed by atoms with Crippen LogP contribution >= 0.6 is 0 Å². The zero-order valence-electron chi connectivity index (χ0n) is 24.8. The Balaban J connectivity index is 1.53. The van der Waals surface area contributed by atoms with E-state index < -0.39 is 52.9 Å². The van der Waals surface area contributed by atoms with Crippen molar-refractivity contribution in [3.05, 3.63) is 90.0 Å². The number of carbonyl (C=O) groups is 2. The second-order valence-corrected chi connectivity index (χ2v) is 12.2. The predicted molar refractivity (Wildman–Crippen MR) is 162 cm³/mol. The van der Waals surface area contributed by atoms with Crippen molar-refractivity contribution in [2.75, 3.05) is 31.6 Å². The first-order valence-corrected chi connectivity index (χ1v) is 15.5. The molecule has 0 aromatic heterocycles. The third kappa shape index (κ3) is 8.40. The number of cyclic esters (lactones) is 1. The topological polar surface area (TPSA) is 108 Å². The third-order valence-electron chi connectivity index (χ3n) is 7.49. The van der Waals surface area contributed by atoms with Gasteiger partial charge in [0.25, 0.3) is 5.91 Å². The van der Waals surface area contributed by atoms with Crippen molar-refractivity contribution in [2.24, 2.45) is 5.92 Å². The molecule has 9 nitrogen and oxygen atoms in total. The van der Waals surface area contributed by atoms with Crippen LogP contribution in [0.3, 0.4) is 0 Å². The van der Waals surface area contributed by atoms with Crippen LogP contribution in [0.4, 0.5) is 19.3 Å². The fourth-order valence-electron chi connectivity index (χ4n) is 4.79. The van der Waals surface area contributed by atoms with Crippen molar-refractivity contribution in [1.82, 2.24) is 9.62 Å². The van der Waals surface area contributed by atoms with E-state index in [9.17, 15) is 27.7 Å². The number of rotatable bonds is 14. The van der Waals surface area contributed by atoms with Gasteiger partial charge in [-0.2, -0.15) is 0 Å². The number of anilines is 1. The third-order valence-corrected chi connectivity index (χ3v) is 8.94. The van der Waals surface area contributed by atoms with E-state index in [2.05, 4.69) is 5.32 Å². The zero-order chi connectivity index (χ0) is 31.8. The standard InChI is InChI=1S/C32H37F2N3O6S/c1-4-21(2)18-36(44(41)25-13-11-24(42-3)12-14-25)19-29(38)27(16-22-8-6-5-7-9-22)35-31(39)30-20-37(32(40)43-30)28-15-10-23(33)17-26(28)34/h5-15,17,21,27,29-30,38H,4,16,18-20H2,1-3H3,(H,35,39). The minimum Gasteiger partial charge on any atom is -0.497 e. The van der Waals surface area contributed by atoms with Gasteiger partial charge in [-0.15, -0.1) is 0 Å². The summed E-state index contributed by atoms with van der Waals surface area (Å²) in [6.07, 6.45) is -2.37. The van der Waals surface area contributed by atoms with Gasteiger partial charge in [0.15, 0.2) is 6.10 Å². The molecule has 0 spiro atoms. The average molecular weight is 630 g/mol. The first kappa shape index (κ1) is 33.0. The van der Waals surface area contributed by atoms with Crippen LogP contribution < -0.4 is 15.0 Å². The summed E-state index contributed by atoms with van der Waals surface area (Å²) < 4.78 is 53.6. The number of halogens is 2. The summed E-state index contributed by atoms with van der Waals surface area (Å²) in [5.74, 6) is -1.67. The maximum Gasteiger partial charge on any atom is 0.415 e. The Bertz CT molecular complexity index is 1450. The quantitative estimate of drug-likeness (QED) is 0.273. The van der Waals surface area contributed by atoms with Crippen molar-refractivity contribution in [1.29, 1.82) is 0 Å². The summed E-state index contributed by atoms with van der Waals surface area (Å²) in [4.78, 5) is 27.4. The lowest BCUT2D eigenvalue weighted by Crippen LogP contribution is -2.53. The molecule has 236 valence electrons. The van der Waals surface area contributed by atoms with Crippen molar-refractivity contribution in [3.8, 4) is 5.75 Å². The second-order valence-electron chi connectivity index (χ2n) is 10.7. The largest absolute Gasteiger partial charge is 0.497 e. The SMILES string of the molecule is CCC(C)CN(CC(O)C(Cc1ccccc1)NC(=O)C1CN(c2ccc(F)cc2F)C(=O)O1)S(=O)c1ccc(OC)cc1. The number of ether oxygens (including phenoxy) is 2. The number of nitrogens with zero attached hydrogens (tertiary/aromatic N) is 2. The van der Waals surface area contributed by atoms with Gasteiger partial charge >= 0.3 is 6.09 Å². The molecule has 44 heavy (non-hydrogen) atoms. The number of aliphatic hydroxyl groups is 1. The molecular formula is C32H37F2N3O6S. The smallest absolute Gasteiger partial charge is 0.415 e. The molecule has 0 aliphatic carbocycles. The number of hydrogen-bond acceptors (Lipinski definition) is 6. The molecule has 2 amide bonds. The monoisotopic (exact) mass is 629 g/mol. The van der Waals surface area contributed by atoms with Gasteiger partial charge in [0, 0.05) is 19.2 Å². The lowest BCUT2D eigenvalue weighted by molar-refractivity contribution is -0.129. The van der Waals surface area contributed by atoms with Crippen molar-refractivity contribution < 1.29 is 37.2 Å². The summed E-state index contributed by atoms with van der Waals surface area (Å²) in [7, 11) is -0.0743. The molecule has 4 rings (SSSR count). The van der Waals surface area contributed by atoms with Crippen molar-refractivity contribution in [3.63, 3.8) is 0 Å². The molecule has 3 aromatic rings. The second kappa shape index (κ2) is 15.2. The van der Waals surface area contributed by atoms with Gasteiger partial charge < -0.3 is 19.9 Å². The number of benzene rings is 3. The summed E-state index contributed by atoms with van der Waals surface area (Å²) in [5.41, 5.74) is 0.620. The summed E-state index contributed by atoms with van der Waals surface area (Å²) in [6, 6.07) is 18.0. The van der Waals surface area contributed by atoms with E-state index in [-0.39, 0.29) is 31.1 Å². The van der Waals surface area contributed by atoms with E-state index in [1.165, 1.54) is 0 Å². The van der Waals surface area contributed by atoms with Crippen LogP contribution in [0.1, 0.15) is 25.8 Å². The molecule has 0 bridgehead atoms. The number of methoxy groups -OCH3 is 1. The van der Waals surface area contributed by atoms with E-state index in [1.54, 1.807) is 35.7 Å². The molecule has 2 N–H and O–H groups in total. The molecular weight excluding hydrogens is 592 g/mol. The number of hydrogen-bond donors (Lipinski definition) is 2. The lowest BCUT2D eigenvalue weighted by atomic mass is 10.0. The van der Waals surface area contributed by atoms with Gasteiger partial charge in [-0.3, -0.25) is 9.69 Å². The van der Waals surface area contributed by atoms with Gasteiger partial charge in [0.1, 0.15) is 28.4 Å². The van der Waals surface area contributed by atoms with Crippen molar-refractivity contribution in [2.45, 2.75) is 49.8 Å². The van der Waals surface area contributed by atoms with Crippen LogP contribution in [0.25, 0.3) is 0 Å². The minimum atomic E-state index is -1.62. The van der Waals surface area contributed by atoms with Crippen LogP contribution in [0.15, 0.2) is 77.7 Å². The Labute approximate surface area is 258 Å². The fourth-order valence-corrected chi connectivity index (χ4v) is 6.13. The van der Waals surface area contributed by atoms with Crippen LogP contribution in [-0.2, 0) is 26.9 Å². The van der Waals surface area contributed by atoms with Gasteiger partial charge in [-0.1, -0.05) is 50.6 Å². The highest BCUT2D eigenvalue weighted by molar-refractivity contribution is 7.82. The van der Waals surface area contributed by atoms with E-state index in [0.29, 0.717) is 23.3 Å². The molecule has 1 saturated heterocycles. The van der Waals surface area contributed by atoms with Crippen LogP contribution in [0.5, 0.6) is 5.75 Å². The van der Waals surface area contributed by atoms with E-state index in [0.717, 1.165) is 29.0 Å². The Kier molecular flexibility index (Phi) is 11.4. The molecule has 12 heteroatoms. The number of amides is 2. The normalized spacial score (nSPS) is 17.6. The highest BCUT2D eigenvalue weighted by Crippen LogP contribution is 2.26. The Hall–Kier alpha value is -3.87. The van der Waals surface area contributed by atoms with Gasteiger partial charge in [0.2, 0.25) is 0 Å². The van der Waals surface area contributed by atoms with Crippen LogP contribution in [0, 0.1) is 17.6 Å². The summed E-state index contributed by atoms with van der Waals surface area (Å²) in [5, 5.41) is 14.3. The molecule has 5 atom stereocenters. The number of aliphatic hydroxyl groups excluding tert-OH is 1. The Morgan fingerprint density at radius 3 is 2.48 bits per heavy atom. The first-order chi connectivity index (χ1) is 21.1.